The third-order valence-electron chi connectivity index (χ3n) is 2.55. The molecule has 1 aromatic carbocycles. The summed E-state index contributed by atoms with van der Waals surface area (Å²) in [7, 11) is 1.91. The molecule has 0 saturated heterocycles. The molecule has 0 heterocycles. The maximum atomic E-state index is 10.8. The summed E-state index contributed by atoms with van der Waals surface area (Å²) in [6.07, 6.45) is 0. The zero-order valence-electron chi connectivity index (χ0n) is 9.70. The van der Waals surface area contributed by atoms with E-state index < -0.39 is 5.97 Å². The van der Waals surface area contributed by atoms with Crippen molar-refractivity contribution >= 4 is 27.6 Å². The molecule has 0 spiro atoms. The van der Waals surface area contributed by atoms with E-state index in [0.717, 1.165) is 15.7 Å². The van der Waals surface area contributed by atoms with Gasteiger partial charge in [0.25, 0.3) is 0 Å². The SMILES string of the molecule is Cc1ccc(Br)cc1N(C)CC(C)C(=O)O. The summed E-state index contributed by atoms with van der Waals surface area (Å²) in [5.74, 6) is -1.14. The van der Waals surface area contributed by atoms with Crippen molar-refractivity contribution in [3.8, 4) is 0 Å². The molecule has 88 valence electrons. The lowest BCUT2D eigenvalue weighted by Gasteiger charge is -2.23. The first kappa shape index (κ1) is 13.0. The van der Waals surface area contributed by atoms with Crippen LogP contribution in [0.15, 0.2) is 22.7 Å². The molecular formula is C12H16BrNO2. The third kappa shape index (κ3) is 3.23. The minimum absolute atomic E-state index is 0.372. The Morgan fingerprint density at radius 3 is 2.75 bits per heavy atom. The highest BCUT2D eigenvalue weighted by Gasteiger charge is 2.15. The fourth-order valence-electron chi connectivity index (χ4n) is 1.58. The second-order valence-electron chi connectivity index (χ2n) is 4.05. The van der Waals surface area contributed by atoms with Crippen molar-refractivity contribution in [3.63, 3.8) is 0 Å². The maximum absolute atomic E-state index is 10.8. The second kappa shape index (κ2) is 5.34. The van der Waals surface area contributed by atoms with E-state index in [4.69, 9.17) is 5.11 Å². The first-order valence-electron chi connectivity index (χ1n) is 5.12. The molecule has 0 amide bonds. The van der Waals surface area contributed by atoms with Crippen LogP contribution in [-0.2, 0) is 4.79 Å². The monoisotopic (exact) mass is 285 g/mol. The van der Waals surface area contributed by atoms with Gasteiger partial charge in [-0.1, -0.05) is 28.9 Å². The van der Waals surface area contributed by atoms with Gasteiger partial charge < -0.3 is 10.0 Å². The second-order valence-corrected chi connectivity index (χ2v) is 4.97. The van der Waals surface area contributed by atoms with E-state index in [-0.39, 0.29) is 5.92 Å². The number of anilines is 1. The summed E-state index contributed by atoms with van der Waals surface area (Å²) >= 11 is 3.42. The molecule has 0 radical (unpaired) electrons. The quantitative estimate of drug-likeness (QED) is 0.925. The zero-order chi connectivity index (χ0) is 12.3. The molecule has 0 aliphatic carbocycles. The molecule has 0 fully saturated rings. The molecule has 1 aromatic rings. The number of aryl methyl sites for hydroxylation is 1. The first-order valence-corrected chi connectivity index (χ1v) is 5.91. The van der Waals surface area contributed by atoms with Crippen LogP contribution in [0.25, 0.3) is 0 Å². The van der Waals surface area contributed by atoms with Crippen LogP contribution in [0.1, 0.15) is 12.5 Å². The van der Waals surface area contributed by atoms with Crippen molar-refractivity contribution in [1.29, 1.82) is 0 Å². The molecule has 0 aliphatic rings. The summed E-state index contributed by atoms with van der Waals surface area (Å²) < 4.78 is 1.00. The highest BCUT2D eigenvalue weighted by Crippen LogP contribution is 2.24. The number of halogens is 1. The fourth-order valence-corrected chi connectivity index (χ4v) is 1.93. The molecule has 3 nitrogen and oxygen atoms in total. The van der Waals surface area contributed by atoms with Gasteiger partial charge in [0.1, 0.15) is 0 Å². The molecule has 0 bridgehead atoms. The van der Waals surface area contributed by atoms with Crippen LogP contribution in [0.2, 0.25) is 0 Å². The Labute approximate surface area is 104 Å². The summed E-state index contributed by atoms with van der Waals surface area (Å²) in [4.78, 5) is 12.8. The average molecular weight is 286 g/mol. The van der Waals surface area contributed by atoms with E-state index in [1.54, 1.807) is 6.92 Å². The van der Waals surface area contributed by atoms with Gasteiger partial charge in [0.2, 0.25) is 0 Å². The van der Waals surface area contributed by atoms with Gasteiger partial charge in [-0.25, -0.2) is 0 Å². The average Bonchev–Trinajstić information content (AvgIpc) is 2.21. The molecule has 16 heavy (non-hydrogen) atoms. The van der Waals surface area contributed by atoms with Crippen LogP contribution in [0, 0.1) is 12.8 Å². The Morgan fingerprint density at radius 2 is 2.19 bits per heavy atom. The van der Waals surface area contributed by atoms with Crippen LogP contribution in [0.5, 0.6) is 0 Å². The van der Waals surface area contributed by atoms with Crippen LogP contribution in [-0.4, -0.2) is 24.7 Å². The zero-order valence-corrected chi connectivity index (χ0v) is 11.3. The number of benzene rings is 1. The van der Waals surface area contributed by atoms with Crippen LogP contribution < -0.4 is 4.90 Å². The van der Waals surface area contributed by atoms with Crippen LogP contribution in [0.3, 0.4) is 0 Å². The largest absolute Gasteiger partial charge is 0.481 e. The van der Waals surface area contributed by atoms with Gasteiger partial charge in [-0.15, -0.1) is 0 Å². The van der Waals surface area contributed by atoms with Gasteiger partial charge >= 0.3 is 5.97 Å². The molecule has 0 aromatic heterocycles. The van der Waals surface area contributed by atoms with Crippen molar-refractivity contribution in [3.05, 3.63) is 28.2 Å². The fraction of sp³-hybridized carbons (Fsp3) is 0.417. The van der Waals surface area contributed by atoms with Gasteiger partial charge in [-0.2, -0.15) is 0 Å². The number of aliphatic carboxylic acids is 1. The summed E-state index contributed by atoms with van der Waals surface area (Å²) in [5, 5.41) is 8.87. The smallest absolute Gasteiger partial charge is 0.308 e. The van der Waals surface area contributed by atoms with E-state index in [1.807, 2.05) is 37.1 Å². The van der Waals surface area contributed by atoms with Crippen molar-refractivity contribution in [1.82, 2.24) is 0 Å². The Hall–Kier alpha value is -1.03. The van der Waals surface area contributed by atoms with Crippen LogP contribution >= 0.6 is 15.9 Å². The number of hydrogen-bond donors (Lipinski definition) is 1. The van der Waals surface area contributed by atoms with Gasteiger partial charge in [0, 0.05) is 23.8 Å². The predicted octanol–water partition coefficient (Wildman–Crippen LogP) is 2.91. The summed E-state index contributed by atoms with van der Waals surface area (Å²) in [5.41, 5.74) is 2.20. The Balaban J connectivity index is 2.83. The molecule has 4 heteroatoms. The number of hydrogen-bond acceptors (Lipinski definition) is 2. The van der Waals surface area contributed by atoms with Crippen molar-refractivity contribution < 1.29 is 9.90 Å². The topological polar surface area (TPSA) is 40.5 Å². The standard InChI is InChI=1S/C12H16BrNO2/c1-8-4-5-10(13)6-11(8)14(3)7-9(2)12(15)16/h4-6,9H,7H2,1-3H3,(H,15,16). The number of carboxylic acids is 1. The van der Waals surface area contributed by atoms with Crippen molar-refractivity contribution in [2.75, 3.05) is 18.5 Å². The van der Waals surface area contributed by atoms with Crippen molar-refractivity contribution in [2.24, 2.45) is 5.92 Å². The molecule has 1 rings (SSSR count). The lowest BCUT2D eigenvalue weighted by atomic mass is 10.1. The molecule has 1 atom stereocenters. The first-order chi connectivity index (χ1) is 7.41. The third-order valence-corrected chi connectivity index (χ3v) is 3.04. The molecule has 1 N–H and O–H groups in total. The summed E-state index contributed by atoms with van der Waals surface area (Å²) in [6.45, 7) is 4.24. The Bertz CT molecular complexity index is 393. The van der Waals surface area contributed by atoms with Crippen molar-refractivity contribution in [2.45, 2.75) is 13.8 Å². The number of carboxylic acid groups (broad SMARTS) is 1. The lowest BCUT2D eigenvalue weighted by Crippen LogP contribution is -2.28. The highest BCUT2D eigenvalue weighted by atomic mass is 79.9. The van der Waals surface area contributed by atoms with Gasteiger partial charge in [0.05, 0.1) is 5.92 Å². The van der Waals surface area contributed by atoms with E-state index in [2.05, 4.69) is 15.9 Å². The minimum atomic E-state index is -0.764. The van der Waals surface area contributed by atoms with E-state index >= 15 is 0 Å². The summed E-state index contributed by atoms with van der Waals surface area (Å²) in [6, 6.07) is 6.00. The minimum Gasteiger partial charge on any atom is -0.481 e. The van der Waals surface area contributed by atoms with Gasteiger partial charge in [-0.05, 0) is 24.6 Å². The van der Waals surface area contributed by atoms with E-state index in [1.165, 1.54) is 0 Å². The lowest BCUT2D eigenvalue weighted by molar-refractivity contribution is -0.140. The van der Waals surface area contributed by atoms with Crippen LogP contribution in [0.4, 0.5) is 5.69 Å². The molecular weight excluding hydrogens is 270 g/mol. The highest BCUT2D eigenvalue weighted by molar-refractivity contribution is 9.10. The Kier molecular flexibility index (Phi) is 4.35. The van der Waals surface area contributed by atoms with E-state index in [9.17, 15) is 4.79 Å². The Morgan fingerprint density at radius 1 is 1.56 bits per heavy atom. The maximum Gasteiger partial charge on any atom is 0.308 e. The van der Waals surface area contributed by atoms with E-state index in [0.29, 0.717) is 6.54 Å². The molecule has 0 aliphatic heterocycles. The van der Waals surface area contributed by atoms with Gasteiger partial charge in [0.15, 0.2) is 0 Å². The normalized spacial score (nSPS) is 12.2. The number of carbonyl (C=O) groups is 1. The number of nitrogens with zero attached hydrogens (tertiary/aromatic N) is 1. The molecule has 0 saturated carbocycles. The molecule has 1 unspecified atom stereocenters. The number of rotatable bonds is 4. The predicted molar refractivity (Wildman–Crippen MR) is 68.9 cm³/mol. The van der Waals surface area contributed by atoms with Gasteiger partial charge in [-0.3, -0.25) is 4.79 Å².